The van der Waals surface area contributed by atoms with Gasteiger partial charge in [-0.3, -0.25) is 4.79 Å². The van der Waals surface area contributed by atoms with Crippen molar-refractivity contribution in [3.05, 3.63) is 34.3 Å². The van der Waals surface area contributed by atoms with Gasteiger partial charge in [0.25, 0.3) is 0 Å². The normalized spacial score (nSPS) is 12.2. The highest BCUT2D eigenvalue weighted by molar-refractivity contribution is 9.10. The standard InChI is InChI=1S/C13H19BrN2O/c1-3-12(15)8-13(17)16(2)9-10-4-6-11(14)7-5-10/h4-7,12H,3,8-9,15H2,1-2H3. The van der Waals surface area contributed by atoms with Crippen molar-refractivity contribution in [3.63, 3.8) is 0 Å². The number of carbonyl (C=O) groups is 1. The average molecular weight is 299 g/mol. The van der Waals surface area contributed by atoms with E-state index in [2.05, 4.69) is 15.9 Å². The first-order valence-electron chi connectivity index (χ1n) is 5.77. The summed E-state index contributed by atoms with van der Waals surface area (Å²) in [5, 5.41) is 0. The van der Waals surface area contributed by atoms with Gasteiger partial charge in [-0.05, 0) is 24.1 Å². The van der Waals surface area contributed by atoms with E-state index >= 15 is 0 Å². The molecule has 1 aromatic carbocycles. The van der Waals surface area contributed by atoms with E-state index in [0.717, 1.165) is 16.5 Å². The predicted molar refractivity (Wildman–Crippen MR) is 73.5 cm³/mol. The van der Waals surface area contributed by atoms with Gasteiger partial charge in [0.15, 0.2) is 0 Å². The lowest BCUT2D eigenvalue weighted by molar-refractivity contribution is -0.130. The lowest BCUT2D eigenvalue weighted by Gasteiger charge is -2.19. The zero-order valence-corrected chi connectivity index (χ0v) is 11.9. The number of benzene rings is 1. The highest BCUT2D eigenvalue weighted by atomic mass is 79.9. The lowest BCUT2D eigenvalue weighted by atomic mass is 10.1. The van der Waals surface area contributed by atoms with Gasteiger partial charge < -0.3 is 10.6 Å². The van der Waals surface area contributed by atoms with E-state index < -0.39 is 0 Å². The van der Waals surface area contributed by atoms with Crippen molar-refractivity contribution < 1.29 is 4.79 Å². The van der Waals surface area contributed by atoms with Crippen LogP contribution in [0.15, 0.2) is 28.7 Å². The molecule has 1 unspecified atom stereocenters. The molecule has 94 valence electrons. The third-order valence-electron chi connectivity index (χ3n) is 2.72. The first kappa shape index (κ1) is 14.2. The lowest BCUT2D eigenvalue weighted by Crippen LogP contribution is -2.32. The second-order valence-electron chi connectivity index (χ2n) is 4.25. The largest absolute Gasteiger partial charge is 0.341 e. The fourth-order valence-electron chi connectivity index (χ4n) is 1.48. The van der Waals surface area contributed by atoms with Crippen LogP contribution in [-0.4, -0.2) is 23.9 Å². The zero-order valence-electron chi connectivity index (χ0n) is 10.3. The van der Waals surface area contributed by atoms with Crippen molar-refractivity contribution in [2.75, 3.05) is 7.05 Å². The minimum atomic E-state index is -0.0325. The van der Waals surface area contributed by atoms with E-state index in [0.29, 0.717) is 13.0 Å². The van der Waals surface area contributed by atoms with Gasteiger partial charge in [0, 0.05) is 30.5 Å². The summed E-state index contributed by atoms with van der Waals surface area (Å²) >= 11 is 3.39. The fourth-order valence-corrected chi connectivity index (χ4v) is 1.74. The number of halogens is 1. The second-order valence-corrected chi connectivity index (χ2v) is 5.16. The molecule has 1 aromatic rings. The third kappa shape index (κ3) is 4.88. The molecule has 0 aliphatic heterocycles. The molecule has 0 fully saturated rings. The number of hydrogen-bond donors (Lipinski definition) is 1. The average Bonchev–Trinajstić information content (AvgIpc) is 2.31. The minimum absolute atomic E-state index is 0.0325. The molecule has 17 heavy (non-hydrogen) atoms. The number of hydrogen-bond acceptors (Lipinski definition) is 2. The van der Waals surface area contributed by atoms with E-state index in [1.165, 1.54) is 0 Å². The number of rotatable bonds is 5. The molecule has 0 radical (unpaired) electrons. The highest BCUT2D eigenvalue weighted by Crippen LogP contribution is 2.12. The molecule has 4 heteroatoms. The van der Waals surface area contributed by atoms with Gasteiger partial charge in [-0.25, -0.2) is 0 Å². The Morgan fingerprint density at radius 2 is 2.00 bits per heavy atom. The molecule has 0 bridgehead atoms. The minimum Gasteiger partial charge on any atom is -0.341 e. The van der Waals surface area contributed by atoms with Crippen LogP contribution >= 0.6 is 15.9 Å². The summed E-state index contributed by atoms with van der Waals surface area (Å²) in [7, 11) is 1.81. The predicted octanol–water partition coefficient (Wildman–Crippen LogP) is 2.53. The maximum atomic E-state index is 11.8. The summed E-state index contributed by atoms with van der Waals surface area (Å²) in [5.74, 6) is 0.0993. The Labute approximate surface area is 111 Å². The van der Waals surface area contributed by atoms with Gasteiger partial charge in [-0.1, -0.05) is 35.0 Å². The monoisotopic (exact) mass is 298 g/mol. The fraction of sp³-hybridized carbons (Fsp3) is 0.462. The molecule has 0 aromatic heterocycles. The Balaban J connectivity index is 2.51. The van der Waals surface area contributed by atoms with E-state index in [-0.39, 0.29) is 11.9 Å². The van der Waals surface area contributed by atoms with Gasteiger partial charge in [0.05, 0.1) is 0 Å². The van der Waals surface area contributed by atoms with Gasteiger partial charge >= 0.3 is 0 Å². The summed E-state index contributed by atoms with van der Waals surface area (Å²) in [6, 6.07) is 7.94. The van der Waals surface area contributed by atoms with Gasteiger partial charge in [-0.15, -0.1) is 0 Å². The molecule has 3 nitrogen and oxygen atoms in total. The van der Waals surface area contributed by atoms with Crippen LogP contribution in [0.2, 0.25) is 0 Å². The summed E-state index contributed by atoms with van der Waals surface area (Å²) in [4.78, 5) is 13.5. The number of carbonyl (C=O) groups excluding carboxylic acids is 1. The summed E-state index contributed by atoms with van der Waals surface area (Å²) in [5.41, 5.74) is 6.89. The molecule has 1 rings (SSSR count). The molecule has 2 N–H and O–H groups in total. The Kier molecular flexibility index (Phi) is 5.65. The van der Waals surface area contributed by atoms with Crippen molar-refractivity contribution in [1.29, 1.82) is 0 Å². The Morgan fingerprint density at radius 1 is 1.41 bits per heavy atom. The Morgan fingerprint density at radius 3 is 2.53 bits per heavy atom. The van der Waals surface area contributed by atoms with E-state index in [4.69, 9.17) is 5.73 Å². The number of nitrogens with zero attached hydrogens (tertiary/aromatic N) is 1. The molecule has 0 heterocycles. The van der Waals surface area contributed by atoms with Crippen molar-refractivity contribution >= 4 is 21.8 Å². The van der Waals surface area contributed by atoms with Crippen molar-refractivity contribution in [2.24, 2.45) is 5.73 Å². The van der Waals surface area contributed by atoms with Gasteiger partial charge in [-0.2, -0.15) is 0 Å². The van der Waals surface area contributed by atoms with E-state index in [1.807, 2.05) is 38.2 Å². The van der Waals surface area contributed by atoms with Crippen LogP contribution in [0.3, 0.4) is 0 Å². The van der Waals surface area contributed by atoms with Crippen molar-refractivity contribution in [3.8, 4) is 0 Å². The van der Waals surface area contributed by atoms with Crippen LogP contribution in [0.5, 0.6) is 0 Å². The first-order valence-corrected chi connectivity index (χ1v) is 6.56. The second kappa shape index (κ2) is 6.77. The molecule has 0 saturated carbocycles. The van der Waals surface area contributed by atoms with Crippen LogP contribution in [0, 0.1) is 0 Å². The molecule has 0 aliphatic rings. The van der Waals surface area contributed by atoms with Crippen molar-refractivity contribution in [1.82, 2.24) is 4.90 Å². The maximum Gasteiger partial charge on any atom is 0.224 e. The number of nitrogens with two attached hydrogens (primary N) is 1. The van der Waals surface area contributed by atoms with Crippen LogP contribution < -0.4 is 5.73 Å². The third-order valence-corrected chi connectivity index (χ3v) is 3.25. The SMILES string of the molecule is CCC(N)CC(=O)N(C)Cc1ccc(Br)cc1. The van der Waals surface area contributed by atoms with Crippen LogP contribution in [0.25, 0.3) is 0 Å². The smallest absolute Gasteiger partial charge is 0.224 e. The number of amides is 1. The summed E-state index contributed by atoms with van der Waals surface area (Å²) in [6.45, 7) is 2.62. The molecule has 1 amide bonds. The van der Waals surface area contributed by atoms with E-state index in [1.54, 1.807) is 4.90 Å². The molecular formula is C13H19BrN2O. The highest BCUT2D eigenvalue weighted by Gasteiger charge is 2.12. The van der Waals surface area contributed by atoms with Crippen LogP contribution in [0.1, 0.15) is 25.3 Å². The zero-order chi connectivity index (χ0) is 12.8. The molecule has 1 atom stereocenters. The van der Waals surface area contributed by atoms with E-state index in [9.17, 15) is 4.79 Å². The molecule has 0 saturated heterocycles. The maximum absolute atomic E-state index is 11.8. The van der Waals surface area contributed by atoms with Crippen molar-refractivity contribution in [2.45, 2.75) is 32.4 Å². The summed E-state index contributed by atoms with van der Waals surface area (Å²) < 4.78 is 1.04. The summed E-state index contributed by atoms with van der Waals surface area (Å²) in [6.07, 6.45) is 1.25. The first-order chi connectivity index (χ1) is 8.02. The molecule has 0 spiro atoms. The topological polar surface area (TPSA) is 46.3 Å². The van der Waals surface area contributed by atoms with Crippen LogP contribution in [-0.2, 0) is 11.3 Å². The quantitative estimate of drug-likeness (QED) is 0.908. The molecular weight excluding hydrogens is 280 g/mol. The van der Waals surface area contributed by atoms with Crippen LogP contribution in [0.4, 0.5) is 0 Å². The van der Waals surface area contributed by atoms with Gasteiger partial charge in [0.1, 0.15) is 0 Å². The molecule has 0 aliphatic carbocycles. The Hall–Kier alpha value is -0.870. The Bertz CT molecular complexity index is 364. The van der Waals surface area contributed by atoms with Gasteiger partial charge in [0.2, 0.25) is 5.91 Å².